The number of halogens is 1. The highest BCUT2D eigenvalue weighted by Crippen LogP contribution is 2.43. The Kier molecular flexibility index (Phi) is 4.99. The van der Waals surface area contributed by atoms with Crippen LogP contribution in [0.5, 0.6) is 5.75 Å². The zero-order valence-corrected chi connectivity index (χ0v) is 15.7. The van der Waals surface area contributed by atoms with E-state index in [4.69, 9.17) is 4.74 Å². The molecule has 0 radical (unpaired) electrons. The molecule has 4 rings (SSSR count). The molecule has 2 aliphatic rings. The van der Waals surface area contributed by atoms with E-state index in [0.29, 0.717) is 30.7 Å². The first-order chi connectivity index (χ1) is 13.5. The van der Waals surface area contributed by atoms with Gasteiger partial charge in [0.1, 0.15) is 11.6 Å². The summed E-state index contributed by atoms with van der Waals surface area (Å²) in [4.78, 5) is 25.4. The summed E-state index contributed by atoms with van der Waals surface area (Å²) >= 11 is 0. The highest BCUT2D eigenvalue weighted by molar-refractivity contribution is 6.02. The minimum Gasteiger partial charge on any atom is -0.494 e. The number of benzene rings is 2. The first kappa shape index (κ1) is 18.4. The average Bonchev–Trinajstić information content (AvgIpc) is 2.68. The summed E-state index contributed by atoms with van der Waals surface area (Å²) in [7, 11) is 0. The number of carbonyl (C=O) groups is 2. The minimum absolute atomic E-state index is 0.0439. The molecule has 1 aliphatic carbocycles. The van der Waals surface area contributed by atoms with Gasteiger partial charge in [-0.15, -0.1) is 0 Å². The molecule has 0 unspecified atom stereocenters. The molecule has 0 saturated heterocycles. The van der Waals surface area contributed by atoms with Crippen molar-refractivity contribution in [3.8, 4) is 5.75 Å². The molecule has 2 atom stereocenters. The summed E-state index contributed by atoms with van der Waals surface area (Å²) in [6, 6.07) is 13.9. The lowest BCUT2D eigenvalue weighted by molar-refractivity contribution is -0.122. The van der Waals surface area contributed by atoms with Crippen LogP contribution < -0.4 is 10.1 Å². The molecular weight excluding hydrogens is 357 g/mol. The normalized spacial score (nSPS) is 21.9. The highest BCUT2D eigenvalue weighted by Gasteiger charge is 2.38. The molecule has 5 heteroatoms. The van der Waals surface area contributed by atoms with Crippen molar-refractivity contribution in [2.75, 3.05) is 6.61 Å². The number of nitrogens with one attached hydrogen (secondary N) is 1. The molecule has 1 N–H and O–H groups in total. The number of Topliss-reactive ketones (excluding diaryl/α,β-unsaturated/α-hetero) is 1. The maximum atomic E-state index is 13.2. The van der Waals surface area contributed by atoms with Crippen molar-refractivity contribution in [1.82, 2.24) is 5.32 Å². The van der Waals surface area contributed by atoms with Gasteiger partial charge in [-0.1, -0.05) is 24.3 Å². The van der Waals surface area contributed by atoms with Crippen molar-refractivity contribution in [1.29, 1.82) is 0 Å². The van der Waals surface area contributed by atoms with Gasteiger partial charge in [0.2, 0.25) is 5.91 Å². The van der Waals surface area contributed by atoms with Crippen molar-refractivity contribution in [3.05, 3.63) is 76.7 Å². The Balaban J connectivity index is 1.68. The molecule has 0 aromatic heterocycles. The number of amides is 1. The van der Waals surface area contributed by atoms with Crippen LogP contribution in [-0.2, 0) is 9.59 Å². The summed E-state index contributed by atoms with van der Waals surface area (Å²) < 4.78 is 18.8. The maximum Gasteiger partial charge on any atom is 0.225 e. The van der Waals surface area contributed by atoms with E-state index in [-0.39, 0.29) is 35.8 Å². The monoisotopic (exact) mass is 379 g/mol. The van der Waals surface area contributed by atoms with Gasteiger partial charge < -0.3 is 10.1 Å². The molecule has 1 heterocycles. The number of hydrogen-bond acceptors (Lipinski definition) is 3. The van der Waals surface area contributed by atoms with Crippen molar-refractivity contribution in [2.45, 2.75) is 38.0 Å². The number of rotatable bonds is 4. The molecule has 28 heavy (non-hydrogen) atoms. The van der Waals surface area contributed by atoms with Gasteiger partial charge in [-0.3, -0.25) is 9.59 Å². The molecule has 0 bridgehead atoms. The Morgan fingerprint density at radius 2 is 1.82 bits per heavy atom. The van der Waals surface area contributed by atoms with E-state index in [1.54, 1.807) is 12.1 Å². The van der Waals surface area contributed by atoms with Crippen LogP contribution in [0, 0.1) is 5.82 Å². The van der Waals surface area contributed by atoms with E-state index in [2.05, 4.69) is 5.32 Å². The van der Waals surface area contributed by atoms with E-state index < -0.39 is 0 Å². The Morgan fingerprint density at radius 3 is 2.57 bits per heavy atom. The molecule has 1 amide bonds. The first-order valence-electron chi connectivity index (χ1n) is 9.59. The van der Waals surface area contributed by atoms with Gasteiger partial charge >= 0.3 is 0 Å². The number of hydrogen-bond donors (Lipinski definition) is 1. The SMILES string of the molecule is CCOc1cccc([C@@H]2CC(=O)NC3=C2C(=O)C[C@@H](c2ccc(F)cc2)C3)c1. The van der Waals surface area contributed by atoms with Crippen molar-refractivity contribution in [3.63, 3.8) is 0 Å². The molecule has 0 fully saturated rings. The lowest BCUT2D eigenvalue weighted by atomic mass is 9.73. The van der Waals surface area contributed by atoms with Gasteiger partial charge in [0, 0.05) is 30.0 Å². The molecule has 144 valence electrons. The van der Waals surface area contributed by atoms with E-state index in [9.17, 15) is 14.0 Å². The molecule has 2 aromatic rings. The van der Waals surface area contributed by atoms with Gasteiger partial charge in [-0.25, -0.2) is 4.39 Å². The topological polar surface area (TPSA) is 55.4 Å². The zero-order valence-electron chi connectivity index (χ0n) is 15.7. The van der Waals surface area contributed by atoms with Crippen LogP contribution in [0.15, 0.2) is 59.8 Å². The van der Waals surface area contributed by atoms with Crippen LogP contribution in [0.2, 0.25) is 0 Å². The summed E-state index contributed by atoms with van der Waals surface area (Å²) in [5, 5.41) is 2.91. The Labute approximate surface area is 163 Å². The predicted octanol–water partition coefficient (Wildman–Crippen LogP) is 4.23. The van der Waals surface area contributed by atoms with Crippen LogP contribution in [0.3, 0.4) is 0 Å². The van der Waals surface area contributed by atoms with Gasteiger partial charge in [-0.2, -0.15) is 0 Å². The summed E-state index contributed by atoms with van der Waals surface area (Å²) in [6.45, 7) is 2.47. The smallest absolute Gasteiger partial charge is 0.225 e. The van der Waals surface area contributed by atoms with Crippen molar-refractivity contribution < 1.29 is 18.7 Å². The molecule has 0 spiro atoms. The summed E-state index contributed by atoms with van der Waals surface area (Å²) in [6.07, 6.45) is 1.18. The lowest BCUT2D eigenvalue weighted by Crippen LogP contribution is -2.38. The average molecular weight is 379 g/mol. The zero-order chi connectivity index (χ0) is 19.7. The summed E-state index contributed by atoms with van der Waals surface area (Å²) in [5.74, 6) is 0.0820. The van der Waals surface area contributed by atoms with Gasteiger partial charge in [0.25, 0.3) is 0 Å². The third kappa shape index (κ3) is 3.57. The van der Waals surface area contributed by atoms with Crippen LogP contribution in [-0.4, -0.2) is 18.3 Å². The van der Waals surface area contributed by atoms with E-state index in [1.807, 2.05) is 31.2 Å². The maximum absolute atomic E-state index is 13.2. The molecule has 1 aliphatic heterocycles. The molecule has 4 nitrogen and oxygen atoms in total. The minimum atomic E-state index is -0.300. The Bertz CT molecular complexity index is 949. The Hall–Kier alpha value is -2.95. The van der Waals surface area contributed by atoms with Gasteiger partial charge in [-0.05, 0) is 54.7 Å². The number of allylic oxidation sites excluding steroid dienone is 2. The van der Waals surface area contributed by atoms with Crippen LogP contribution in [0.1, 0.15) is 49.1 Å². The quantitative estimate of drug-likeness (QED) is 0.865. The highest BCUT2D eigenvalue weighted by atomic mass is 19.1. The largest absolute Gasteiger partial charge is 0.494 e. The second kappa shape index (κ2) is 7.58. The fourth-order valence-electron chi connectivity index (χ4n) is 4.20. The third-order valence-corrected chi connectivity index (χ3v) is 5.45. The van der Waals surface area contributed by atoms with Crippen LogP contribution >= 0.6 is 0 Å². The number of ketones is 1. The molecule has 0 saturated carbocycles. The van der Waals surface area contributed by atoms with E-state index in [0.717, 1.165) is 16.9 Å². The fourth-order valence-corrected chi connectivity index (χ4v) is 4.20. The fraction of sp³-hybridized carbons (Fsp3) is 0.304. The number of ether oxygens (including phenoxy) is 1. The van der Waals surface area contributed by atoms with Crippen molar-refractivity contribution >= 4 is 11.7 Å². The first-order valence-corrected chi connectivity index (χ1v) is 9.59. The van der Waals surface area contributed by atoms with E-state index in [1.165, 1.54) is 12.1 Å². The predicted molar refractivity (Wildman–Crippen MR) is 104 cm³/mol. The van der Waals surface area contributed by atoms with Gasteiger partial charge in [0.05, 0.1) is 6.61 Å². The summed E-state index contributed by atoms with van der Waals surface area (Å²) in [5.41, 5.74) is 3.23. The second-order valence-electron chi connectivity index (χ2n) is 7.28. The molecule has 2 aromatic carbocycles. The third-order valence-electron chi connectivity index (χ3n) is 5.45. The van der Waals surface area contributed by atoms with Crippen LogP contribution in [0.25, 0.3) is 0 Å². The Morgan fingerprint density at radius 1 is 1.04 bits per heavy atom. The second-order valence-corrected chi connectivity index (χ2v) is 7.28. The van der Waals surface area contributed by atoms with Crippen molar-refractivity contribution in [2.24, 2.45) is 0 Å². The number of carbonyl (C=O) groups excluding carboxylic acids is 2. The van der Waals surface area contributed by atoms with E-state index >= 15 is 0 Å². The lowest BCUT2D eigenvalue weighted by Gasteiger charge is -2.34. The van der Waals surface area contributed by atoms with Crippen LogP contribution in [0.4, 0.5) is 4.39 Å². The molecular formula is C23H22FNO3. The van der Waals surface area contributed by atoms with Gasteiger partial charge in [0.15, 0.2) is 5.78 Å². The standard InChI is InChI=1S/C23H22FNO3/c1-2-28-18-5-3-4-15(10-18)19-13-22(27)25-20-11-16(12-21(26)23(19)20)14-6-8-17(24)9-7-14/h3-10,16,19H,2,11-13H2,1H3,(H,25,27)/t16-,19-/m0/s1.